The molecule has 8 nitrogen and oxygen atoms in total. The third-order valence-corrected chi connectivity index (χ3v) is 5.30. The maximum atomic E-state index is 12.9. The zero-order valence-electron chi connectivity index (χ0n) is 18.3. The first kappa shape index (κ1) is 21.4. The normalized spacial score (nSPS) is 14.2. The Morgan fingerprint density at radius 1 is 1.03 bits per heavy atom. The summed E-state index contributed by atoms with van der Waals surface area (Å²) in [6.07, 6.45) is 2.20. The predicted molar refractivity (Wildman–Crippen MR) is 119 cm³/mol. The molecule has 0 radical (unpaired) electrons. The predicted octanol–water partition coefficient (Wildman–Crippen LogP) is 3.47. The lowest BCUT2D eigenvalue weighted by atomic mass is 9.92. The van der Waals surface area contributed by atoms with Crippen LogP contribution in [0, 0.1) is 0 Å². The number of amides is 3. The average Bonchev–Trinajstić information content (AvgIpc) is 3.33. The SMILES string of the molecule is CC(C)(C)c1cc(NC(=O)c2ccc(CN3C(=O)CCC3=O)cc2)n(-c2ccccn2)n1. The minimum Gasteiger partial charge on any atom is -0.306 e. The summed E-state index contributed by atoms with van der Waals surface area (Å²) in [7, 11) is 0. The van der Waals surface area contributed by atoms with Crippen LogP contribution in [-0.4, -0.2) is 37.4 Å². The molecular weight excluding hydrogens is 406 g/mol. The molecule has 0 aliphatic carbocycles. The van der Waals surface area contributed by atoms with Crippen molar-refractivity contribution in [1.29, 1.82) is 0 Å². The van der Waals surface area contributed by atoms with Crippen molar-refractivity contribution in [2.45, 2.75) is 45.6 Å². The molecule has 0 saturated carbocycles. The van der Waals surface area contributed by atoms with Crippen LogP contribution in [-0.2, 0) is 21.5 Å². The molecule has 1 aromatic carbocycles. The maximum absolute atomic E-state index is 12.9. The van der Waals surface area contributed by atoms with Crippen molar-refractivity contribution in [3.8, 4) is 5.82 Å². The van der Waals surface area contributed by atoms with Crippen LogP contribution in [0.2, 0.25) is 0 Å². The van der Waals surface area contributed by atoms with Gasteiger partial charge in [-0.3, -0.25) is 19.3 Å². The van der Waals surface area contributed by atoms with Crippen molar-refractivity contribution < 1.29 is 14.4 Å². The fourth-order valence-electron chi connectivity index (χ4n) is 3.42. The molecular formula is C24H25N5O3. The molecule has 0 bridgehead atoms. The zero-order valence-corrected chi connectivity index (χ0v) is 18.3. The number of carbonyl (C=O) groups excluding carboxylic acids is 3. The molecule has 3 aromatic rings. The highest BCUT2D eigenvalue weighted by molar-refractivity contribution is 6.04. The summed E-state index contributed by atoms with van der Waals surface area (Å²) in [5, 5.41) is 7.58. The van der Waals surface area contributed by atoms with Crippen LogP contribution in [0.3, 0.4) is 0 Å². The quantitative estimate of drug-likeness (QED) is 0.624. The first-order chi connectivity index (χ1) is 15.2. The second-order valence-corrected chi connectivity index (χ2v) is 8.79. The first-order valence-electron chi connectivity index (χ1n) is 10.5. The Kier molecular flexibility index (Phi) is 5.61. The van der Waals surface area contributed by atoms with Gasteiger partial charge in [0.05, 0.1) is 12.2 Å². The van der Waals surface area contributed by atoms with E-state index in [1.165, 1.54) is 4.90 Å². The molecule has 4 rings (SSSR count). The monoisotopic (exact) mass is 431 g/mol. The topological polar surface area (TPSA) is 97.2 Å². The smallest absolute Gasteiger partial charge is 0.256 e. The van der Waals surface area contributed by atoms with Crippen LogP contribution in [0.15, 0.2) is 54.7 Å². The number of rotatable bonds is 5. The summed E-state index contributed by atoms with van der Waals surface area (Å²) in [5.41, 5.74) is 1.87. The van der Waals surface area contributed by atoms with Gasteiger partial charge in [0.2, 0.25) is 11.8 Å². The van der Waals surface area contributed by atoms with E-state index in [2.05, 4.69) is 36.2 Å². The van der Waals surface area contributed by atoms with E-state index in [9.17, 15) is 14.4 Å². The van der Waals surface area contributed by atoms with E-state index < -0.39 is 0 Å². The Bertz CT molecular complexity index is 1140. The number of hydrogen-bond donors (Lipinski definition) is 1. The van der Waals surface area contributed by atoms with Crippen LogP contribution in [0.4, 0.5) is 5.82 Å². The van der Waals surface area contributed by atoms with Crippen molar-refractivity contribution in [1.82, 2.24) is 19.7 Å². The van der Waals surface area contributed by atoms with E-state index >= 15 is 0 Å². The second-order valence-electron chi connectivity index (χ2n) is 8.79. The number of carbonyl (C=O) groups is 3. The molecule has 0 spiro atoms. The molecule has 164 valence electrons. The Morgan fingerprint density at radius 2 is 1.72 bits per heavy atom. The Morgan fingerprint density at radius 3 is 2.31 bits per heavy atom. The van der Waals surface area contributed by atoms with E-state index in [0.717, 1.165) is 11.3 Å². The van der Waals surface area contributed by atoms with Gasteiger partial charge in [-0.15, -0.1) is 0 Å². The summed E-state index contributed by atoms with van der Waals surface area (Å²) in [6, 6.07) is 14.2. The highest BCUT2D eigenvalue weighted by Crippen LogP contribution is 2.26. The summed E-state index contributed by atoms with van der Waals surface area (Å²) in [4.78, 5) is 42.2. The molecule has 2 aromatic heterocycles. The number of likely N-dealkylation sites (tertiary alicyclic amines) is 1. The number of anilines is 1. The number of pyridine rings is 1. The van der Waals surface area contributed by atoms with Crippen LogP contribution in [0.5, 0.6) is 0 Å². The number of nitrogens with zero attached hydrogens (tertiary/aromatic N) is 4. The van der Waals surface area contributed by atoms with Crippen LogP contribution in [0.25, 0.3) is 5.82 Å². The Balaban J connectivity index is 1.54. The highest BCUT2D eigenvalue weighted by atomic mass is 16.2. The van der Waals surface area contributed by atoms with Gasteiger partial charge >= 0.3 is 0 Å². The number of imide groups is 1. The fraction of sp³-hybridized carbons (Fsp3) is 0.292. The lowest BCUT2D eigenvalue weighted by Gasteiger charge is -2.14. The van der Waals surface area contributed by atoms with Crippen LogP contribution in [0.1, 0.15) is 55.2 Å². The van der Waals surface area contributed by atoms with Gasteiger partial charge in [0.1, 0.15) is 5.82 Å². The van der Waals surface area contributed by atoms with E-state index in [1.807, 2.05) is 24.3 Å². The van der Waals surface area contributed by atoms with Gasteiger partial charge < -0.3 is 5.32 Å². The molecule has 3 heterocycles. The van der Waals surface area contributed by atoms with Gasteiger partial charge in [0, 0.05) is 36.1 Å². The molecule has 8 heteroatoms. The van der Waals surface area contributed by atoms with E-state index in [4.69, 9.17) is 0 Å². The number of aromatic nitrogens is 3. The van der Waals surface area contributed by atoms with Gasteiger partial charge in [0.25, 0.3) is 5.91 Å². The third kappa shape index (κ3) is 4.44. The third-order valence-electron chi connectivity index (χ3n) is 5.30. The van der Waals surface area contributed by atoms with E-state index in [1.54, 1.807) is 35.1 Å². The minimum absolute atomic E-state index is 0.158. The summed E-state index contributed by atoms with van der Waals surface area (Å²) < 4.78 is 1.62. The summed E-state index contributed by atoms with van der Waals surface area (Å²) in [6.45, 7) is 6.38. The van der Waals surface area contributed by atoms with Gasteiger partial charge in [-0.25, -0.2) is 4.98 Å². The Labute approximate surface area is 186 Å². The van der Waals surface area contributed by atoms with Gasteiger partial charge in [0.15, 0.2) is 5.82 Å². The van der Waals surface area contributed by atoms with Crippen molar-refractivity contribution in [3.05, 3.63) is 71.5 Å². The number of hydrogen-bond acceptors (Lipinski definition) is 5. The van der Waals surface area contributed by atoms with Gasteiger partial charge in [-0.1, -0.05) is 39.0 Å². The molecule has 0 atom stereocenters. The van der Waals surface area contributed by atoms with Crippen LogP contribution < -0.4 is 5.32 Å². The number of benzene rings is 1. The van der Waals surface area contributed by atoms with E-state index in [-0.39, 0.29) is 42.5 Å². The minimum atomic E-state index is -0.289. The lowest BCUT2D eigenvalue weighted by Crippen LogP contribution is -2.28. The molecule has 1 aliphatic heterocycles. The van der Waals surface area contributed by atoms with E-state index in [0.29, 0.717) is 17.2 Å². The standard InChI is InChI=1S/C24H25N5O3/c1-24(2,3)18-14-20(29(27-18)19-6-4-5-13-25-19)26-23(32)17-9-7-16(8-10-17)15-28-21(30)11-12-22(28)31/h4-10,13-14H,11-12,15H2,1-3H3,(H,26,32). The van der Waals surface area contributed by atoms with Crippen LogP contribution >= 0.6 is 0 Å². The van der Waals surface area contributed by atoms with Gasteiger partial charge in [-0.2, -0.15) is 9.78 Å². The van der Waals surface area contributed by atoms with Crippen molar-refractivity contribution in [2.24, 2.45) is 0 Å². The molecule has 1 aliphatic rings. The molecule has 32 heavy (non-hydrogen) atoms. The molecule has 0 unspecified atom stereocenters. The Hall–Kier alpha value is -3.81. The first-order valence-corrected chi connectivity index (χ1v) is 10.5. The lowest BCUT2D eigenvalue weighted by molar-refractivity contribution is -0.139. The summed E-state index contributed by atoms with van der Waals surface area (Å²) in [5.74, 6) is 0.524. The average molecular weight is 431 g/mol. The molecule has 1 N–H and O–H groups in total. The van der Waals surface area contributed by atoms with Crippen molar-refractivity contribution in [2.75, 3.05) is 5.32 Å². The van der Waals surface area contributed by atoms with Crippen molar-refractivity contribution >= 4 is 23.5 Å². The zero-order chi connectivity index (χ0) is 22.9. The second kappa shape index (κ2) is 8.37. The fourth-order valence-corrected chi connectivity index (χ4v) is 3.42. The highest BCUT2D eigenvalue weighted by Gasteiger charge is 2.28. The van der Waals surface area contributed by atoms with Crippen molar-refractivity contribution in [3.63, 3.8) is 0 Å². The number of nitrogens with one attached hydrogen (secondary N) is 1. The molecule has 1 saturated heterocycles. The van der Waals surface area contributed by atoms with Gasteiger partial charge in [-0.05, 0) is 29.8 Å². The maximum Gasteiger partial charge on any atom is 0.256 e. The summed E-state index contributed by atoms with van der Waals surface area (Å²) >= 11 is 0. The molecule has 1 fully saturated rings. The largest absolute Gasteiger partial charge is 0.306 e. The molecule has 3 amide bonds.